The van der Waals surface area contributed by atoms with E-state index < -0.39 is 0 Å². The Kier molecular flexibility index (Phi) is 7.51. The van der Waals surface area contributed by atoms with Gasteiger partial charge in [-0.2, -0.15) is 0 Å². The summed E-state index contributed by atoms with van der Waals surface area (Å²) in [6.07, 6.45) is 3.96. The van der Waals surface area contributed by atoms with Crippen LogP contribution in [0.3, 0.4) is 0 Å². The number of para-hydroxylation sites is 3. The Morgan fingerprint density at radius 1 is 0.586 bits per heavy atom. The predicted octanol–water partition coefficient (Wildman–Crippen LogP) is 13.8. The van der Waals surface area contributed by atoms with Gasteiger partial charge in [-0.15, -0.1) is 0 Å². The molecule has 0 fully saturated rings. The SMILES string of the molecule is C=C/C(=C\C)c1ccc2c(c1)oc1c(-n3c4ccccc4c4cccc(-c5nc(-c6ccccc6)nc(-c6ccc7c(c6)C(C)(C)c6ccccc6-7)n5)c43)cccc12. The standard InChI is InChI=1S/C53H38N4O/c1-5-32(6-2)34-26-29-39-41-21-15-25-46(49(41)58-47(39)31-34)57-45-24-13-11-19-38(45)40-20-14-22-42(48(40)57)52-55-50(33-16-8-7-9-17-33)54-51(56-52)35-27-28-37-36-18-10-12-23-43(36)53(3,4)44(37)30-35/h5-31H,1H2,2-4H3/b32-6+. The van der Waals surface area contributed by atoms with Crippen molar-refractivity contribution in [1.82, 2.24) is 19.5 Å². The Labute approximate surface area is 336 Å². The lowest BCUT2D eigenvalue weighted by Gasteiger charge is -2.21. The maximum absolute atomic E-state index is 6.84. The van der Waals surface area contributed by atoms with Crippen molar-refractivity contribution in [3.05, 3.63) is 187 Å². The van der Waals surface area contributed by atoms with Crippen LogP contribution in [-0.2, 0) is 5.41 Å². The molecule has 0 unspecified atom stereocenters. The molecule has 5 heteroatoms. The van der Waals surface area contributed by atoms with E-state index >= 15 is 0 Å². The summed E-state index contributed by atoms with van der Waals surface area (Å²) in [5, 5.41) is 4.36. The zero-order valence-corrected chi connectivity index (χ0v) is 32.5. The van der Waals surface area contributed by atoms with Crippen LogP contribution in [0.15, 0.2) is 175 Å². The van der Waals surface area contributed by atoms with Gasteiger partial charge >= 0.3 is 0 Å². The molecule has 1 aliphatic carbocycles. The van der Waals surface area contributed by atoms with Gasteiger partial charge in [-0.05, 0) is 76.7 Å². The number of nitrogens with zero attached hydrogens (tertiary/aromatic N) is 4. The Hall–Kier alpha value is -7.37. The van der Waals surface area contributed by atoms with E-state index in [1.807, 2.05) is 31.2 Å². The van der Waals surface area contributed by atoms with Crippen LogP contribution in [0.2, 0.25) is 0 Å². The van der Waals surface area contributed by atoms with Crippen LogP contribution in [0.4, 0.5) is 0 Å². The topological polar surface area (TPSA) is 56.7 Å². The van der Waals surface area contributed by atoms with Gasteiger partial charge in [0.2, 0.25) is 0 Å². The normalized spacial score (nSPS) is 13.4. The van der Waals surface area contributed by atoms with E-state index in [-0.39, 0.29) is 5.41 Å². The molecule has 0 saturated heterocycles. The molecule has 3 heterocycles. The lowest BCUT2D eigenvalue weighted by molar-refractivity contribution is 0.660. The van der Waals surface area contributed by atoms with Crippen LogP contribution in [0.5, 0.6) is 0 Å². The summed E-state index contributed by atoms with van der Waals surface area (Å²) < 4.78 is 9.16. The number of hydrogen-bond acceptors (Lipinski definition) is 4. The second-order valence-corrected chi connectivity index (χ2v) is 15.6. The molecule has 1 aliphatic rings. The molecule has 0 spiro atoms. The largest absolute Gasteiger partial charge is 0.454 e. The molecule has 11 rings (SSSR count). The zero-order chi connectivity index (χ0) is 39.1. The second-order valence-electron chi connectivity index (χ2n) is 15.6. The highest BCUT2D eigenvalue weighted by Gasteiger charge is 2.35. The van der Waals surface area contributed by atoms with Crippen molar-refractivity contribution in [3.63, 3.8) is 0 Å². The quantitative estimate of drug-likeness (QED) is 0.159. The van der Waals surface area contributed by atoms with Gasteiger partial charge in [0.15, 0.2) is 23.1 Å². The minimum absolute atomic E-state index is 0.160. The molecule has 0 amide bonds. The Morgan fingerprint density at radius 3 is 2.12 bits per heavy atom. The van der Waals surface area contributed by atoms with Crippen LogP contribution >= 0.6 is 0 Å². The fourth-order valence-corrected chi connectivity index (χ4v) is 9.18. The molecule has 0 N–H and O–H groups in total. The molecule has 10 aromatic rings. The van der Waals surface area contributed by atoms with Crippen LogP contribution in [0.1, 0.15) is 37.5 Å². The van der Waals surface area contributed by atoms with Gasteiger partial charge in [-0.25, -0.2) is 15.0 Å². The third kappa shape index (κ3) is 4.99. The monoisotopic (exact) mass is 746 g/mol. The number of aromatic nitrogens is 4. The number of hydrogen-bond donors (Lipinski definition) is 0. The third-order valence-electron chi connectivity index (χ3n) is 12.0. The highest BCUT2D eigenvalue weighted by Crippen LogP contribution is 2.49. The number of benzene rings is 7. The summed E-state index contributed by atoms with van der Waals surface area (Å²) in [4.78, 5) is 15.8. The average Bonchev–Trinajstić information content (AvgIpc) is 3.89. The van der Waals surface area contributed by atoms with Crippen molar-refractivity contribution in [2.24, 2.45) is 0 Å². The minimum atomic E-state index is -0.160. The maximum atomic E-state index is 6.84. The first kappa shape index (κ1) is 33.9. The molecule has 0 saturated carbocycles. The third-order valence-corrected chi connectivity index (χ3v) is 12.0. The Bertz CT molecular complexity index is 3350. The van der Waals surface area contributed by atoms with E-state index in [4.69, 9.17) is 19.4 Å². The van der Waals surface area contributed by atoms with Crippen LogP contribution in [0.25, 0.3) is 100 Å². The molecular formula is C53H38N4O. The smallest absolute Gasteiger partial charge is 0.166 e. The van der Waals surface area contributed by atoms with Crippen LogP contribution in [0, 0.1) is 0 Å². The number of rotatable bonds is 6. The van der Waals surface area contributed by atoms with Crippen molar-refractivity contribution in [2.45, 2.75) is 26.2 Å². The average molecular weight is 747 g/mol. The van der Waals surface area contributed by atoms with E-state index in [9.17, 15) is 0 Å². The summed E-state index contributed by atoms with van der Waals surface area (Å²) in [7, 11) is 0. The summed E-state index contributed by atoms with van der Waals surface area (Å²) in [5.41, 5.74) is 14.6. The Balaban J connectivity index is 1.17. The predicted molar refractivity (Wildman–Crippen MR) is 239 cm³/mol. The zero-order valence-electron chi connectivity index (χ0n) is 32.5. The summed E-state index contributed by atoms with van der Waals surface area (Å²) in [6.45, 7) is 10.7. The molecule has 7 aromatic carbocycles. The molecule has 58 heavy (non-hydrogen) atoms. The van der Waals surface area contributed by atoms with Crippen molar-refractivity contribution in [3.8, 4) is 51.0 Å². The highest BCUT2D eigenvalue weighted by molar-refractivity contribution is 6.15. The van der Waals surface area contributed by atoms with Gasteiger partial charge in [0.05, 0.1) is 16.7 Å². The molecule has 0 aliphatic heterocycles. The fraction of sp³-hybridized carbons (Fsp3) is 0.0755. The van der Waals surface area contributed by atoms with Crippen molar-refractivity contribution < 1.29 is 4.42 Å². The second kappa shape index (κ2) is 12.8. The van der Waals surface area contributed by atoms with E-state index in [0.717, 1.165) is 77.3 Å². The van der Waals surface area contributed by atoms with Gasteiger partial charge in [-0.1, -0.05) is 148 Å². The van der Waals surface area contributed by atoms with Gasteiger partial charge in [0, 0.05) is 43.7 Å². The van der Waals surface area contributed by atoms with Crippen molar-refractivity contribution >= 4 is 49.3 Å². The molecular weight excluding hydrogens is 709 g/mol. The van der Waals surface area contributed by atoms with E-state index in [2.05, 4.69) is 165 Å². The molecule has 0 radical (unpaired) electrons. The summed E-state index contributed by atoms with van der Waals surface area (Å²) >= 11 is 0. The number of fused-ring (bicyclic) bond motifs is 9. The number of furan rings is 1. The van der Waals surface area contributed by atoms with Gasteiger partial charge in [0.1, 0.15) is 5.58 Å². The van der Waals surface area contributed by atoms with Gasteiger partial charge < -0.3 is 8.98 Å². The van der Waals surface area contributed by atoms with Crippen molar-refractivity contribution in [2.75, 3.05) is 0 Å². The van der Waals surface area contributed by atoms with Crippen LogP contribution in [-0.4, -0.2) is 19.5 Å². The van der Waals surface area contributed by atoms with Crippen LogP contribution < -0.4 is 0 Å². The summed E-state index contributed by atoms with van der Waals surface area (Å²) in [5.74, 6) is 1.86. The lowest BCUT2D eigenvalue weighted by atomic mass is 9.82. The molecule has 276 valence electrons. The summed E-state index contributed by atoms with van der Waals surface area (Å²) in [6, 6.07) is 53.4. The molecule has 0 bridgehead atoms. The first-order chi connectivity index (χ1) is 28.4. The van der Waals surface area contributed by atoms with E-state index in [1.165, 1.54) is 22.3 Å². The molecule has 3 aromatic heterocycles. The van der Waals surface area contributed by atoms with Gasteiger partial charge in [0.25, 0.3) is 0 Å². The first-order valence-corrected chi connectivity index (χ1v) is 19.8. The number of allylic oxidation sites excluding steroid dienone is 3. The fourth-order valence-electron chi connectivity index (χ4n) is 9.18. The van der Waals surface area contributed by atoms with E-state index in [0.29, 0.717) is 17.5 Å². The van der Waals surface area contributed by atoms with Gasteiger partial charge in [-0.3, -0.25) is 0 Å². The molecule has 5 nitrogen and oxygen atoms in total. The molecule has 0 atom stereocenters. The highest BCUT2D eigenvalue weighted by atomic mass is 16.3. The van der Waals surface area contributed by atoms with E-state index in [1.54, 1.807) is 0 Å². The van der Waals surface area contributed by atoms with Crippen molar-refractivity contribution in [1.29, 1.82) is 0 Å². The lowest BCUT2D eigenvalue weighted by Crippen LogP contribution is -2.15. The first-order valence-electron chi connectivity index (χ1n) is 19.8. The Morgan fingerprint density at radius 2 is 1.28 bits per heavy atom. The maximum Gasteiger partial charge on any atom is 0.166 e. The minimum Gasteiger partial charge on any atom is -0.454 e.